The van der Waals surface area contributed by atoms with Crippen molar-refractivity contribution < 1.29 is 21.6 Å². The first-order valence-electron chi connectivity index (χ1n) is 8.03. The van der Waals surface area contributed by atoms with Gasteiger partial charge in [-0.25, -0.2) is 22.0 Å². The van der Waals surface area contributed by atoms with Crippen LogP contribution >= 0.6 is 11.6 Å². The number of carbonyl (C=O) groups is 1. The van der Waals surface area contributed by atoms with E-state index in [0.29, 0.717) is 13.0 Å². The van der Waals surface area contributed by atoms with Gasteiger partial charge in [0.25, 0.3) is 5.91 Å². The van der Waals surface area contributed by atoms with Gasteiger partial charge in [0, 0.05) is 6.54 Å². The third kappa shape index (κ3) is 4.86. The summed E-state index contributed by atoms with van der Waals surface area (Å²) >= 11 is 5.96. The minimum absolute atomic E-state index is 0.0490. The molecule has 2 aromatic carbocycles. The normalized spacial score (nSPS) is 12.0. The fourth-order valence-corrected chi connectivity index (χ4v) is 5.00. The zero-order chi connectivity index (χ0) is 20.2. The second kappa shape index (κ2) is 8.39. The number of benzene rings is 2. The number of halogens is 1. The standard InChI is InChI=1S/C17H19ClN2O5S2/c1-2-3-9-20-17(21)13-10-16(27(19,24)25)14(18)11-15(13)26(22,23)12-7-5-4-6-8-12/h4-8,10-11H,2-3,9H2,1H3,(H,20,21)(H2,19,24,25). The van der Waals surface area contributed by atoms with E-state index >= 15 is 0 Å². The average Bonchev–Trinajstić information content (AvgIpc) is 2.61. The minimum atomic E-state index is -4.25. The van der Waals surface area contributed by atoms with Crippen LogP contribution in [0, 0.1) is 0 Å². The van der Waals surface area contributed by atoms with E-state index in [9.17, 15) is 21.6 Å². The van der Waals surface area contributed by atoms with Gasteiger partial charge in [0.2, 0.25) is 19.9 Å². The van der Waals surface area contributed by atoms with Gasteiger partial charge < -0.3 is 5.32 Å². The molecule has 0 aliphatic rings. The lowest BCUT2D eigenvalue weighted by atomic mass is 10.2. The van der Waals surface area contributed by atoms with Crippen molar-refractivity contribution in [2.24, 2.45) is 5.14 Å². The summed E-state index contributed by atoms with van der Waals surface area (Å²) in [5.41, 5.74) is -0.330. The highest BCUT2D eigenvalue weighted by Crippen LogP contribution is 2.31. The number of hydrogen-bond acceptors (Lipinski definition) is 5. The summed E-state index contributed by atoms with van der Waals surface area (Å²) in [6.07, 6.45) is 1.50. The molecule has 10 heteroatoms. The van der Waals surface area contributed by atoms with Gasteiger partial charge in [0.05, 0.1) is 20.4 Å². The number of sulfonamides is 1. The Balaban J connectivity index is 2.69. The van der Waals surface area contributed by atoms with Gasteiger partial charge in [-0.1, -0.05) is 43.1 Å². The predicted molar refractivity (Wildman–Crippen MR) is 102 cm³/mol. The lowest BCUT2D eigenvalue weighted by Crippen LogP contribution is -2.27. The number of carbonyl (C=O) groups excluding carboxylic acids is 1. The second-order valence-corrected chi connectivity index (χ2v) is 9.60. The van der Waals surface area contributed by atoms with E-state index in [1.807, 2.05) is 6.92 Å². The van der Waals surface area contributed by atoms with Crippen LogP contribution < -0.4 is 10.5 Å². The van der Waals surface area contributed by atoms with Crippen LogP contribution in [0.2, 0.25) is 5.02 Å². The topological polar surface area (TPSA) is 123 Å². The summed E-state index contributed by atoms with van der Waals surface area (Å²) < 4.78 is 49.4. The van der Waals surface area contributed by atoms with Gasteiger partial charge in [-0.2, -0.15) is 0 Å². The lowest BCUT2D eigenvalue weighted by Gasteiger charge is -2.14. The Morgan fingerprint density at radius 1 is 1.07 bits per heavy atom. The molecule has 2 aromatic rings. The van der Waals surface area contributed by atoms with Crippen molar-refractivity contribution in [2.75, 3.05) is 6.54 Å². The van der Waals surface area contributed by atoms with Crippen LogP contribution in [0.15, 0.2) is 57.2 Å². The van der Waals surface area contributed by atoms with Crippen molar-refractivity contribution in [3.8, 4) is 0 Å². The van der Waals surface area contributed by atoms with Crippen LogP contribution in [0.1, 0.15) is 30.1 Å². The zero-order valence-electron chi connectivity index (χ0n) is 14.5. The van der Waals surface area contributed by atoms with Crippen LogP contribution in [0.5, 0.6) is 0 Å². The molecule has 0 bridgehead atoms. The molecule has 0 saturated carbocycles. The summed E-state index contributed by atoms with van der Waals surface area (Å²) in [4.78, 5) is 11.6. The number of sulfone groups is 1. The van der Waals surface area contributed by atoms with Gasteiger partial charge >= 0.3 is 0 Å². The summed E-state index contributed by atoms with van der Waals surface area (Å²) in [6, 6.07) is 9.30. The van der Waals surface area contributed by atoms with Gasteiger partial charge in [-0.3, -0.25) is 4.79 Å². The summed E-state index contributed by atoms with van der Waals surface area (Å²) in [6.45, 7) is 2.24. The molecule has 0 saturated heterocycles. The molecular weight excluding hydrogens is 412 g/mol. The lowest BCUT2D eigenvalue weighted by molar-refractivity contribution is 0.0949. The van der Waals surface area contributed by atoms with Crippen LogP contribution in [-0.4, -0.2) is 29.3 Å². The molecule has 0 aromatic heterocycles. The Morgan fingerprint density at radius 3 is 2.26 bits per heavy atom. The van der Waals surface area contributed by atoms with E-state index < -0.39 is 30.7 Å². The van der Waals surface area contributed by atoms with Crippen molar-refractivity contribution in [2.45, 2.75) is 34.5 Å². The summed E-state index contributed by atoms with van der Waals surface area (Å²) in [5, 5.41) is 7.33. The molecule has 0 radical (unpaired) electrons. The SMILES string of the molecule is CCCCNC(=O)c1cc(S(N)(=O)=O)c(Cl)cc1S(=O)(=O)c1ccccc1. The van der Waals surface area contributed by atoms with Crippen molar-refractivity contribution in [3.05, 3.63) is 53.1 Å². The Labute approximate surface area is 163 Å². The third-order valence-electron chi connectivity index (χ3n) is 3.74. The van der Waals surface area contributed by atoms with Crippen LogP contribution in [0.3, 0.4) is 0 Å². The third-order valence-corrected chi connectivity index (χ3v) is 6.93. The molecule has 0 unspecified atom stereocenters. The molecule has 27 heavy (non-hydrogen) atoms. The average molecular weight is 431 g/mol. The van der Waals surface area contributed by atoms with Gasteiger partial charge in [0.15, 0.2) is 0 Å². The fourth-order valence-electron chi connectivity index (χ4n) is 2.35. The van der Waals surface area contributed by atoms with E-state index in [1.165, 1.54) is 24.3 Å². The number of rotatable bonds is 7. The molecule has 0 aliphatic carbocycles. The van der Waals surface area contributed by atoms with E-state index in [0.717, 1.165) is 18.6 Å². The van der Waals surface area contributed by atoms with Crippen molar-refractivity contribution in [1.82, 2.24) is 5.32 Å². The van der Waals surface area contributed by atoms with Crippen LogP contribution in [0.4, 0.5) is 0 Å². The first kappa shape index (κ1) is 21.4. The smallest absolute Gasteiger partial charge is 0.252 e. The molecule has 3 N–H and O–H groups in total. The molecular formula is C17H19ClN2O5S2. The van der Waals surface area contributed by atoms with Crippen molar-refractivity contribution in [1.29, 1.82) is 0 Å². The van der Waals surface area contributed by atoms with E-state index in [2.05, 4.69) is 5.32 Å². The molecule has 0 atom stereocenters. The maximum atomic E-state index is 13.0. The quantitative estimate of drug-likeness (QED) is 0.652. The highest BCUT2D eigenvalue weighted by atomic mass is 35.5. The molecule has 0 aliphatic heterocycles. The zero-order valence-corrected chi connectivity index (χ0v) is 16.9. The number of primary sulfonamides is 1. The van der Waals surface area contributed by atoms with E-state index in [1.54, 1.807) is 6.07 Å². The van der Waals surface area contributed by atoms with E-state index in [-0.39, 0.29) is 20.4 Å². The van der Waals surface area contributed by atoms with E-state index in [4.69, 9.17) is 16.7 Å². The van der Waals surface area contributed by atoms with Crippen LogP contribution in [-0.2, 0) is 19.9 Å². The maximum Gasteiger partial charge on any atom is 0.252 e. The fraction of sp³-hybridized carbons (Fsp3) is 0.235. The predicted octanol–water partition coefficient (Wildman–Crippen LogP) is 2.35. The largest absolute Gasteiger partial charge is 0.352 e. The summed E-state index contributed by atoms with van der Waals surface area (Å²) in [7, 11) is -8.36. The number of nitrogens with two attached hydrogens (primary N) is 1. The number of nitrogens with one attached hydrogen (secondary N) is 1. The van der Waals surface area contributed by atoms with Crippen molar-refractivity contribution in [3.63, 3.8) is 0 Å². The number of hydrogen-bond donors (Lipinski definition) is 2. The van der Waals surface area contributed by atoms with Crippen molar-refractivity contribution >= 4 is 37.4 Å². The molecule has 146 valence electrons. The number of unbranched alkanes of at least 4 members (excludes halogenated alkanes) is 1. The Hall–Kier alpha value is -1.94. The Kier molecular flexibility index (Phi) is 6.63. The molecule has 7 nitrogen and oxygen atoms in total. The molecule has 0 fully saturated rings. The highest BCUT2D eigenvalue weighted by Gasteiger charge is 2.28. The molecule has 2 rings (SSSR count). The monoisotopic (exact) mass is 430 g/mol. The van der Waals surface area contributed by atoms with Gasteiger partial charge in [-0.15, -0.1) is 0 Å². The summed E-state index contributed by atoms with van der Waals surface area (Å²) in [5.74, 6) is -0.723. The first-order chi connectivity index (χ1) is 12.6. The highest BCUT2D eigenvalue weighted by molar-refractivity contribution is 7.91. The maximum absolute atomic E-state index is 13.0. The van der Waals surface area contributed by atoms with Gasteiger partial charge in [0.1, 0.15) is 4.90 Å². The Bertz CT molecular complexity index is 1050. The van der Waals surface area contributed by atoms with Gasteiger partial charge in [-0.05, 0) is 30.7 Å². The first-order valence-corrected chi connectivity index (χ1v) is 11.4. The van der Waals surface area contributed by atoms with Crippen LogP contribution in [0.25, 0.3) is 0 Å². The molecule has 0 spiro atoms. The second-order valence-electron chi connectivity index (χ2n) is 5.75. The Morgan fingerprint density at radius 2 is 1.70 bits per heavy atom. The molecule has 0 heterocycles. The number of amides is 1. The minimum Gasteiger partial charge on any atom is -0.352 e. The molecule has 1 amide bonds.